The first kappa shape index (κ1) is 12.3. The summed E-state index contributed by atoms with van der Waals surface area (Å²) in [7, 11) is 0. The van der Waals surface area contributed by atoms with Gasteiger partial charge in [-0.3, -0.25) is 0 Å². The molecule has 0 fully saturated rings. The third-order valence-corrected chi connectivity index (χ3v) is 5.10. The van der Waals surface area contributed by atoms with E-state index in [1.807, 2.05) is 12.1 Å². The molecule has 0 aliphatic carbocycles. The smallest absolute Gasteiger partial charge is 0.125 e. The molecule has 1 aromatic carbocycles. The van der Waals surface area contributed by atoms with Crippen molar-refractivity contribution in [2.45, 2.75) is 32.5 Å². The van der Waals surface area contributed by atoms with Crippen molar-refractivity contribution in [2.75, 3.05) is 0 Å². The maximum Gasteiger partial charge on any atom is 0.125 e. The van der Waals surface area contributed by atoms with Gasteiger partial charge in [-0.2, -0.15) is 0 Å². The molecule has 4 heteroatoms. The molecule has 0 spiro atoms. The number of aromatic nitrogens is 1. The normalized spacial score (nSPS) is 22.8. The molecular weight excluding hydrogens is 310 g/mol. The first-order valence-electron chi connectivity index (χ1n) is 6.05. The lowest BCUT2D eigenvalue weighted by Gasteiger charge is -2.23. The maximum absolute atomic E-state index is 5.85. The van der Waals surface area contributed by atoms with E-state index < -0.39 is 0 Å². The Balaban J connectivity index is 2.06. The van der Waals surface area contributed by atoms with E-state index in [0.717, 1.165) is 21.5 Å². The standard InChI is InChI=1S/C14H14BrNOS/c1-8-7-12-13(9(2)17-8)18-14(16-12)10-5-3-4-6-11(10)15/h3-6,8-9H,7H2,1-2H3. The summed E-state index contributed by atoms with van der Waals surface area (Å²) in [6.45, 7) is 4.22. The summed E-state index contributed by atoms with van der Waals surface area (Å²) in [5.74, 6) is 0. The van der Waals surface area contributed by atoms with Crippen LogP contribution in [0.4, 0.5) is 0 Å². The Labute approximate surface area is 119 Å². The highest BCUT2D eigenvalue weighted by atomic mass is 79.9. The van der Waals surface area contributed by atoms with Crippen molar-refractivity contribution in [1.29, 1.82) is 0 Å². The molecule has 0 amide bonds. The van der Waals surface area contributed by atoms with Gasteiger partial charge in [-0.25, -0.2) is 4.98 Å². The molecule has 2 atom stereocenters. The number of hydrogen-bond donors (Lipinski definition) is 0. The van der Waals surface area contributed by atoms with Crippen molar-refractivity contribution in [3.8, 4) is 10.6 Å². The zero-order valence-corrected chi connectivity index (χ0v) is 12.7. The van der Waals surface area contributed by atoms with Crippen molar-refractivity contribution in [1.82, 2.24) is 4.98 Å². The molecule has 1 aliphatic heterocycles. The van der Waals surface area contributed by atoms with Gasteiger partial charge >= 0.3 is 0 Å². The third kappa shape index (κ3) is 2.13. The van der Waals surface area contributed by atoms with Crippen LogP contribution in [0.1, 0.15) is 30.5 Å². The maximum atomic E-state index is 5.85. The van der Waals surface area contributed by atoms with Gasteiger partial charge in [-0.1, -0.05) is 34.1 Å². The second kappa shape index (κ2) is 4.76. The molecule has 94 valence electrons. The van der Waals surface area contributed by atoms with Crippen LogP contribution in [0.25, 0.3) is 10.6 Å². The fourth-order valence-electron chi connectivity index (χ4n) is 2.31. The molecule has 0 radical (unpaired) electrons. The van der Waals surface area contributed by atoms with Crippen LogP contribution in [0.15, 0.2) is 28.7 Å². The molecular formula is C14H14BrNOS. The molecule has 0 N–H and O–H groups in total. The summed E-state index contributed by atoms with van der Waals surface area (Å²) in [4.78, 5) is 6.07. The Morgan fingerprint density at radius 1 is 1.33 bits per heavy atom. The first-order valence-corrected chi connectivity index (χ1v) is 7.66. The lowest BCUT2D eigenvalue weighted by atomic mass is 10.1. The number of thiazole rings is 1. The van der Waals surface area contributed by atoms with Crippen LogP contribution in [0.2, 0.25) is 0 Å². The average Bonchev–Trinajstić information content (AvgIpc) is 2.73. The fourth-order valence-corrected chi connectivity index (χ4v) is 4.03. The molecule has 18 heavy (non-hydrogen) atoms. The van der Waals surface area contributed by atoms with Crippen LogP contribution in [0.3, 0.4) is 0 Å². The van der Waals surface area contributed by atoms with Gasteiger partial charge in [0.1, 0.15) is 5.01 Å². The van der Waals surface area contributed by atoms with Gasteiger partial charge in [-0.05, 0) is 19.9 Å². The van der Waals surface area contributed by atoms with Gasteiger partial charge < -0.3 is 4.74 Å². The van der Waals surface area contributed by atoms with Crippen molar-refractivity contribution in [2.24, 2.45) is 0 Å². The molecule has 2 nitrogen and oxygen atoms in total. The monoisotopic (exact) mass is 323 g/mol. The zero-order valence-electron chi connectivity index (χ0n) is 10.3. The molecule has 2 aromatic rings. The van der Waals surface area contributed by atoms with Crippen LogP contribution in [0, 0.1) is 0 Å². The molecule has 0 saturated carbocycles. The highest BCUT2D eigenvalue weighted by Crippen LogP contribution is 2.39. The highest BCUT2D eigenvalue weighted by Gasteiger charge is 2.26. The van der Waals surface area contributed by atoms with Crippen molar-refractivity contribution < 1.29 is 4.74 Å². The van der Waals surface area contributed by atoms with E-state index in [9.17, 15) is 0 Å². The Bertz CT molecular complexity index is 581. The summed E-state index contributed by atoms with van der Waals surface area (Å²) >= 11 is 5.34. The number of benzene rings is 1. The summed E-state index contributed by atoms with van der Waals surface area (Å²) in [5, 5.41) is 1.08. The van der Waals surface area contributed by atoms with Crippen LogP contribution in [-0.2, 0) is 11.2 Å². The van der Waals surface area contributed by atoms with Crippen LogP contribution < -0.4 is 0 Å². The number of halogens is 1. The number of hydrogen-bond acceptors (Lipinski definition) is 3. The Hall–Kier alpha value is -0.710. The van der Waals surface area contributed by atoms with E-state index in [2.05, 4.69) is 41.9 Å². The summed E-state index contributed by atoms with van der Waals surface area (Å²) in [6.07, 6.45) is 1.35. The van der Waals surface area contributed by atoms with E-state index in [0.29, 0.717) is 0 Å². The second-order valence-electron chi connectivity index (χ2n) is 4.60. The van der Waals surface area contributed by atoms with Gasteiger partial charge in [0.25, 0.3) is 0 Å². The van der Waals surface area contributed by atoms with E-state index in [1.54, 1.807) is 11.3 Å². The van der Waals surface area contributed by atoms with Crippen LogP contribution in [-0.4, -0.2) is 11.1 Å². The van der Waals surface area contributed by atoms with Crippen molar-refractivity contribution >= 4 is 27.3 Å². The molecule has 1 aliphatic rings. The van der Waals surface area contributed by atoms with Crippen LogP contribution in [0.5, 0.6) is 0 Å². The first-order chi connectivity index (χ1) is 8.65. The predicted octanol–water partition coefficient (Wildman–Crippen LogP) is 4.59. The van der Waals surface area contributed by atoms with Gasteiger partial charge in [0, 0.05) is 16.5 Å². The SMILES string of the molecule is CC1Cc2nc(-c3ccccc3Br)sc2C(C)O1. The Kier molecular flexibility index (Phi) is 3.26. The molecule has 1 aromatic heterocycles. The van der Waals surface area contributed by atoms with E-state index in [4.69, 9.17) is 9.72 Å². The number of ether oxygens (including phenoxy) is 1. The van der Waals surface area contributed by atoms with Crippen molar-refractivity contribution in [3.05, 3.63) is 39.3 Å². The minimum absolute atomic E-state index is 0.164. The number of fused-ring (bicyclic) bond motifs is 1. The quantitative estimate of drug-likeness (QED) is 0.765. The number of nitrogens with zero attached hydrogens (tertiary/aromatic N) is 1. The van der Waals surface area contributed by atoms with Gasteiger partial charge in [0.2, 0.25) is 0 Å². The lowest BCUT2D eigenvalue weighted by Crippen LogP contribution is -2.20. The van der Waals surface area contributed by atoms with E-state index >= 15 is 0 Å². The Morgan fingerprint density at radius 3 is 2.89 bits per heavy atom. The second-order valence-corrected chi connectivity index (χ2v) is 6.49. The summed E-state index contributed by atoms with van der Waals surface area (Å²) < 4.78 is 6.95. The summed E-state index contributed by atoms with van der Waals surface area (Å²) in [6, 6.07) is 8.22. The highest BCUT2D eigenvalue weighted by molar-refractivity contribution is 9.10. The van der Waals surface area contributed by atoms with Gasteiger partial charge in [0.15, 0.2) is 0 Å². The fraction of sp³-hybridized carbons (Fsp3) is 0.357. The Morgan fingerprint density at radius 2 is 2.11 bits per heavy atom. The largest absolute Gasteiger partial charge is 0.370 e. The van der Waals surface area contributed by atoms with Gasteiger partial charge in [-0.15, -0.1) is 11.3 Å². The van der Waals surface area contributed by atoms with Gasteiger partial charge in [0.05, 0.1) is 22.8 Å². The topological polar surface area (TPSA) is 22.1 Å². The summed E-state index contributed by atoms with van der Waals surface area (Å²) in [5.41, 5.74) is 2.37. The third-order valence-electron chi connectivity index (χ3n) is 3.12. The van der Waals surface area contributed by atoms with Crippen molar-refractivity contribution in [3.63, 3.8) is 0 Å². The molecule has 2 heterocycles. The molecule has 0 saturated heterocycles. The average molecular weight is 324 g/mol. The minimum Gasteiger partial charge on any atom is -0.370 e. The lowest BCUT2D eigenvalue weighted by molar-refractivity contribution is -0.00316. The predicted molar refractivity (Wildman–Crippen MR) is 77.9 cm³/mol. The van der Waals surface area contributed by atoms with E-state index in [-0.39, 0.29) is 12.2 Å². The molecule has 3 rings (SSSR count). The minimum atomic E-state index is 0.164. The van der Waals surface area contributed by atoms with E-state index in [1.165, 1.54) is 10.6 Å². The van der Waals surface area contributed by atoms with Crippen LogP contribution >= 0.6 is 27.3 Å². The molecule has 0 bridgehead atoms. The number of rotatable bonds is 1. The zero-order chi connectivity index (χ0) is 12.7. The molecule has 2 unspecified atom stereocenters.